The molecule has 1 saturated heterocycles. The standard InChI is InChI=1S/C14H16O5/c15-14(16)13-6-9-3-4-10(7-12(9)19-13)18-8-11-2-1-5-17-11/h3-4,7,11,13H,1-2,5-6,8H2,(H,15,16). The third-order valence-electron chi connectivity index (χ3n) is 3.45. The number of benzene rings is 1. The lowest BCUT2D eigenvalue weighted by Gasteiger charge is -2.12. The van der Waals surface area contributed by atoms with E-state index in [-0.39, 0.29) is 6.10 Å². The van der Waals surface area contributed by atoms with Crippen LogP contribution < -0.4 is 9.47 Å². The fourth-order valence-electron chi connectivity index (χ4n) is 2.40. The fourth-order valence-corrected chi connectivity index (χ4v) is 2.40. The van der Waals surface area contributed by atoms with E-state index in [1.54, 1.807) is 6.07 Å². The minimum atomic E-state index is -0.932. The topological polar surface area (TPSA) is 65.0 Å². The molecule has 2 heterocycles. The number of carboxylic acids is 1. The predicted molar refractivity (Wildman–Crippen MR) is 66.7 cm³/mol. The number of carboxylic acid groups (broad SMARTS) is 1. The lowest BCUT2D eigenvalue weighted by Crippen LogP contribution is -2.24. The fraction of sp³-hybridized carbons (Fsp3) is 0.500. The van der Waals surface area contributed by atoms with E-state index in [1.807, 2.05) is 12.1 Å². The molecule has 102 valence electrons. The van der Waals surface area contributed by atoms with Crippen molar-refractivity contribution in [3.05, 3.63) is 23.8 Å². The van der Waals surface area contributed by atoms with Crippen LogP contribution in [0.15, 0.2) is 18.2 Å². The molecule has 1 fully saturated rings. The highest BCUT2D eigenvalue weighted by Gasteiger charge is 2.29. The van der Waals surface area contributed by atoms with Crippen molar-refractivity contribution in [2.24, 2.45) is 0 Å². The van der Waals surface area contributed by atoms with Crippen molar-refractivity contribution in [3.8, 4) is 11.5 Å². The number of aliphatic carboxylic acids is 1. The van der Waals surface area contributed by atoms with Gasteiger partial charge in [-0.05, 0) is 24.5 Å². The van der Waals surface area contributed by atoms with Crippen LogP contribution in [0.4, 0.5) is 0 Å². The predicted octanol–water partition coefficient (Wildman–Crippen LogP) is 1.63. The van der Waals surface area contributed by atoms with Gasteiger partial charge < -0.3 is 19.3 Å². The van der Waals surface area contributed by atoms with E-state index >= 15 is 0 Å². The van der Waals surface area contributed by atoms with Gasteiger partial charge >= 0.3 is 5.97 Å². The van der Waals surface area contributed by atoms with Gasteiger partial charge in [-0.3, -0.25) is 0 Å². The molecule has 0 bridgehead atoms. The maximum absolute atomic E-state index is 10.9. The van der Waals surface area contributed by atoms with Crippen LogP contribution in [0.3, 0.4) is 0 Å². The Morgan fingerprint density at radius 3 is 3.11 bits per heavy atom. The minimum absolute atomic E-state index is 0.168. The van der Waals surface area contributed by atoms with Crippen molar-refractivity contribution in [3.63, 3.8) is 0 Å². The molecule has 5 nitrogen and oxygen atoms in total. The van der Waals surface area contributed by atoms with E-state index in [2.05, 4.69) is 0 Å². The smallest absolute Gasteiger partial charge is 0.345 e. The van der Waals surface area contributed by atoms with Crippen LogP contribution >= 0.6 is 0 Å². The Kier molecular flexibility index (Phi) is 3.29. The zero-order valence-corrected chi connectivity index (χ0v) is 10.5. The van der Waals surface area contributed by atoms with Gasteiger partial charge in [0.05, 0.1) is 6.10 Å². The number of hydrogen-bond acceptors (Lipinski definition) is 4. The van der Waals surface area contributed by atoms with E-state index in [0.29, 0.717) is 24.5 Å². The van der Waals surface area contributed by atoms with Gasteiger partial charge in [0.2, 0.25) is 0 Å². The summed E-state index contributed by atoms with van der Waals surface area (Å²) in [5.41, 5.74) is 0.914. The van der Waals surface area contributed by atoms with Crippen LogP contribution in [0.25, 0.3) is 0 Å². The highest BCUT2D eigenvalue weighted by Crippen LogP contribution is 2.32. The third kappa shape index (κ3) is 2.66. The first-order valence-electron chi connectivity index (χ1n) is 6.49. The lowest BCUT2D eigenvalue weighted by atomic mass is 10.1. The molecule has 2 aliphatic heterocycles. The summed E-state index contributed by atoms with van der Waals surface area (Å²) in [6.45, 7) is 1.34. The molecule has 5 heteroatoms. The first kappa shape index (κ1) is 12.3. The van der Waals surface area contributed by atoms with Gasteiger partial charge in [-0.2, -0.15) is 0 Å². The quantitative estimate of drug-likeness (QED) is 0.895. The molecule has 0 aromatic heterocycles. The van der Waals surface area contributed by atoms with E-state index in [4.69, 9.17) is 19.3 Å². The zero-order chi connectivity index (χ0) is 13.2. The molecule has 0 saturated carbocycles. The van der Waals surface area contributed by atoms with Gasteiger partial charge in [-0.25, -0.2) is 4.79 Å². The molecular weight excluding hydrogens is 248 g/mol. The molecular formula is C14H16O5. The van der Waals surface area contributed by atoms with Crippen LogP contribution in [0.1, 0.15) is 18.4 Å². The normalized spacial score (nSPS) is 24.8. The molecule has 19 heavy (non-hydrogen) atoms. The number of hydrogen-bond donors (Lipinski definition) is 1. The van der Waals surface area contributed by atoms with Crippen molar-refractivity contribution in [1.82, 2.24) is 0 Å². The second kappa shape index (κ2) is 5.09. The van der Waals surface area contributed by atoms with E-state index in [0.717, 1.165) is 25.0 Å². The first-order valence-corrected chi connectivity index (χ1v) is 6.49. The Balaban J connectivity index is 1.62. The average molecular weight is 264 g/mol. The molecule has 2 unspecified atom stereocenters. The molecule has 0 amide bonds. The van der Waals surface area contributed by atoms with Gasteiger partial charge in [-0.15, -0.1) is 0 Å². The van der Waals surface area contributed by atoms with Crippen LogP contribution in [-0.4, -0.2) is 36.5 Å². The molecule has 2 aliphatic rings. The number of ether oxygens (including phenoxy) is 3. The highest BCUT2D eigenvalue weighted by atomic mass is 16.5. The van der Waals surface area contributed by atoms with Crippen molar-refractivity contribution in [2.75, 3.05) is 13.2 Å². The molecule has 2 atom stereocenters. The SMILES string of the molecule is O=C(O)C1Cc2ccc(OCC3CCCO3)cc2O1. The second-order valence-electron chi connectivity index (χ2n) is 4.86. The average Bonchev–Trinajstić information content (AvgIpc) is 3.04. The Morgan fingerprint density at radius 1 is 1.47 bits per heavy atom. The Bertz CT molecular complexity index is 479. The molecule has 0 aliphatic carbocycles. The summed E-state index contributed by atoms with van der Waals surface area (Å²) < 4.78 is 16.5. The second-order valence-corrected chi connectivity index (χ2v) is 4.86. The number of fused-ring (bicyclic) bond motifs is 1. The van der Waals surface area contributed by atoms with Crippen molar-refractivity contribution in [2.45, 2.75) is 31.5 Å². The summed E-state index contributed by atoms with van der Waals surface area (Å²) in [7, 11) is 0. The van der Waals surface area contributed by atoms with Crippen molar-refractivity contribution < 1.29 is 24.1 Å². The van der Waals surface area contributed by atoms with Gasteiger partial charge in [0, 0.05) is 19.1 Å². The van der Waals surface area contributed by atoms with Gasteiger partial charge in [0.15, 0.2) is 6.10 Å². The lowest BCUT2D eigenvalue weighted by molar-refractivity contribution is -0.144. The van der Waals surface area contributed by atoms with E-state index in [1.165, 1.54) is 0 Å². The Hall–Kier alpha value is -1.75. The minimum Gasteiger partial charge on any atom is -0.491 e. The molecule has 3 rings (SSSR count). The maximum atomic E-state index is 10.9. The summed E-state index contributed by atoms with van der Waals surface area (Å²) in [5.74, 6) is 0.371. The van der Waals surface area contributed by atoms with Gasteiger partial charge in [0.25, 0.3) is 0 Å². The van der Waals surface area contributed by atoms with Crippen LogP contribution in [-0.2, 0) is 16.0 Å². The number of rotatable bonds is 4. The van der Waals surface area contributed by atoms with E-state index in [9.17, 15) is 4.79 Å². The molecule has 0 radical (unpaired) electrons. The van der Waals surface area contributed by atoms with Crippen molar-refractivity contribution in [1.29, 1.82) is 0 Å². The first-order chi connectivity index (χ1) is 9.22. The van der Waals surface area contributed by atoms with Gasteiger partial charge in [-0.1, -0.05) is 6.07 Å². The molecule has 1 aromatic carbocycles. The van der Waals surface area contributed by atoms with Crippen LogP contribution in [0, 0.1) is 0 Å². The molecule has 1 aromatic rings. The van der Waals surface area contributed by atoms with Crippen LogP contribution in [0.5, 0.6) is 11.5 Å². The number of carbonyl (C=O) groups is 1. The summed E-state index contributed by atoms with van der Waals surface area (Å²) in [6.07, 6.45) is 1.92. The van der Waals surface area contributed by atoms with E-state index < -0.39 is 12.1 Å². The molecule has 1 N–H and O–H groups in total. The summed E-state index contributed by atoms with van der Waals surface area (Å²) in [5, 5.41) is 8.93. The largest absolute Gasteiger partial charge is 0.491 e. The maximum Gasteiger partial charge on any atom is 0.345 e. The Morgan fingerprint density at radius 2 is 2.37 bits per heavy atom. The third-order valence-corrected chi connectivity index (χ3v) is 3.45. The Labute approximate surface area is 111 Å². The molecule has 0 spiro atoms. The summed E-state index contributed by atoms with van der Waals surface area (Å²) in [4.78, 5) is 10.9. The van der Waals surface area contributed by atoms with Crippen LogP contribution in [0.2, 0.25) is 0 Å². The summed E-state index contributed by atoms with van der Waals surface area (Å²) in [6, 6.07) is 5.47. The zero-order valence-electron chi connectivity index (χ0n) is 10.5. The monoisotopic (exact) mass is 264 g/mol. The highest BCUT2D eigenvalue weighted by molar-refractivity contribution is 5.74. The summed E-state index contributed by atoms with van der Waals surface area (Å²) >= 11 is 0. The van der Waals surface area contributed by atoms with Gasteiger partial charge in [0.1, 0.15) is 18.1 Å². The van der Waals surface area contributed by atoms with Crippen molar-refractivity contribution >= 4 is 5.97 Å².